The zero-order chi connectivity index (χ0) is 22.9. The van der Waals surface area contributed by atoms with Crippen LogP contribution in [0.3, 0.4) is 0 Å². The van der Waals surface area contributed by atoms with Gasteiger partial charge in [-0.1, -0.05) is 36.4 Å². The Labute approximate surface area is 192 Å². The summed E-state index contributed by atoms with van der Waals surface area (Å²) in [5.74, 6) is -0.758. The van der Waals surface area contributed by atoms with Crippen molar-refractivity contribution in [2.45, 2.75) is 32.1 Å². The minimum absolute atomic E-state index is 0.0700. The molecular formula is C26H28N4O3. The van der Waals surface area contributed by atoms with Crippen LogP contribution < -0.4 is 10.9 Å². The van der Waals surface area contributed by atoms with Gasteiger partial charge in [0.1, 0.15) is 0 Å². The average molecular weight is 445 g/mol. The van der Waals surface area contributed by atoms with Crippen LogP contribution in [0.25, 0.3) is 11.1 Å². The monoisotopic (exact) mass is 444 g/mol. The number of nitrogens with one attached hydrogen (secondary N) is 1. The first-order chi connectivity index (χ1) is 16.1. The Kier molecular flexibility index (Phi) is 5.83. The highest BCUT2D eigenvalue weighted by Gasteiger charge is 2.55. The van der Waals surface area contributed by atoms with E-state index in [1.54, 1.807) is 17.0 Å². The third-order valence-electron chi connectivity index (χ3n) is 7.00. The standard InChI is InChI=1S/C26H28N4O3/c1-2-28-25(32)23-20(16-31)22-15-30-21(24(23)29(22)14-17-7-4-3-5-8-17)11-10-19(26(30)33)18-9-6-12-27-13-18/h3-13,20,22-24,31H,2,14-16H2,1H3,(H,28,32)/t20-,22-,23+,24+/m0/s1. The first kappa shape index (κ1) is 21.6. The molecule has 0 radical (unpaired) electrons. The van der Waals surface area contributed by atoms with Crippen LogP contribution in [0.4, 0.5) is 0 Å². The summed E-state index contributed by atoms with van der Waals surface area (Å²) in [4.78, 5) is 33.2. The van der Waals surface area contributed by atoms with Crippen LogP contribution in [0.15, 0.2) is 71.8 Å². The zero-order valence-corrected chi connectivity index (χ0v) is 18.6. The lowest BCUT2D eigenvalue weighted by Gasteiger charge is -2.38. The topological polar surface area (TPSA) is 87.5 Å². The highest BCUT2D eigenvalue weighted by atomic mass is 16.3. The van der Waals surface area contributed by atoms with Crippen LogP contribution in [-0.2, 0) is 17.9 Å². The van der Waals surface area contributed by atoms with Crippen LogP contribution in [-0.4, -0.2) is 44.7 Å². The number of carbonyl (C=O) groups is 1. The maximum Gasteiger partial charge on any atom is 0.258 e. The molecule has 2 N–H and O–H groups in total. The number of aliphatic hydroxyl groups is 1. The molecule has 2 aliphatic heterocycles. The molecule has 2 aromatic heterocycles. The second-order valence-corrected chi connectivity index (χ2v) is 8.77. The number of pyridine rings is 2. The number of fused-ring (bicyclic) bond motifs is 4. The normalized spacial score (nSPS) is 23.8. The van der Waals surface area contributed by atoms with E-state index in [1.165, 1.54) is 0 Å². The molecule has 3 aromatic rings. The Morgan fingerprint density at radius 2 is 1.97 bits per heavy atom. The third kappa shape index (κ3) is 3.67. The number of aromatic nitrogens is 2. The zero-order valence-electron chi connectivity index (χ0n) is 18.6. The Morgan fingerprint density at radius 1 is 1.15 bits per heavy atom. The lowest BCUT2D eigenvalue weighted by Crippen LogP contribution is -2.46. The van der Waals surface area contributed by atoms with Gasteiger partial charge in [-0.15, -0.1) is 0 Å². The van der Waals surface area contributed by atoms with Gasteiger partial charge in [0.25, 0.3) is 5.56 Å². The van der Waals surface area contributed by atoms with Crippen molar-refractivity contribution < 1.29 is 9.90 Å². The van der Waals surface area contributed by atoms with Crippen LogP contribution in [0, 0.1) is 11.8 Å². The van der Waals surface area contributed by atoms with Crippen LogP contribution in [0.2, 0.25) is 0 Å². The average Bonchev–Trinajstić information content (AvgIpc) is 3.05. The summed E-state index contributed by atoms with van der Waals surface area (Å²) in [6, 6.07) is 17.2. The van der Waals surface area contributed by atoms with Gasteiger partial charge in [-0.05, 0) is 30.7 Å². The fourth-order valence-corrected chi connectivity index (χ4v) is 5.57. The Balaban J connectivity index is 1.63. The minimum atomic E-state index is -0.430. The van der Waals surface area contributed by atoms with Crippen molar-refractivity contribution in [1.82, 2.24) is 19.8 Å². The fraction of sp³-hybridized carbons (Fsp3) is 0.346. The first-order valence-electron chi connectivity index (χ1n) is 11.5. The summed E-state index contributed by atoms with van der Waals surface area (Å²) in [5, 5.41) is 13.3. The molecule has 1 amide bonds. The number of hydrogen-bond acceptors (Lipinski definition) is 5. The molecule has 0 spiro atoms. The van der Waals surface area contributed by atoms with Crippen LogP contribution >= 0.6 is 0 Å². The van der Waals surface area contributed by atoms with Crippen molar-refractivity contribution in [2.24, 2.45) is 11.8 Å². The Bertz CT molecular complexity index is 1200. The minimum Gasteiger partial charge on any atom is -0.396 e. The van der Waals surface area contributed by atoms with Crippen molar-refractivity contribution in [2.75, 3.05) is 13.2 Å². The van der Waals surface area contributed by atoms with Gasteiger partial charge >= 0.3 is 0 Å². The van der Waals surface area contributed by atoms with E-state index in [0.29, 0.717) is 25.2 Å². The van der Waals surface area contributed by atoms with Gasteiger partial charge in [0.2, 0.25) is 5.91 Å². The van der Waals surface area contributed by atoms with Crippen LogP contribution in [0.5, 0.6) is 0 Å². The molecule has 7 nitrogen and oxygen atoms in total. The maximum absolute atomic E-state index is 13.5. The molecule has 0 saturated carbocycles. The predicted molar refractivity (Wildman–Crippen MR) is 125 cm³/mol. The van der Waals surface area contributed by atoms with Gasteiger partial charge in [-0.2, -0.15) is 0 Å². The van der Waals surface area contributed by atoms with Crippen molar-refractivity contribution in [3.05, 3.63) is 88.6 Å². The molecule has 33 heavy (non-hydrogen) atoms. The largest absolute Gasteiger partial charge is 0.396 e. The van der Waals surface area contributed by atoms with Gasteiger partial charge in [0.15, 0.2) is 0 Å². The highest BCUT2D eigenvalue weighted by Crippen LogP contribution is 2.49. The molecule has 0 aliphatic carbocycles. The molecule has 5 rings (SSSR count). The lowest BCUT2D eigenvalue weighted by molar-refractivity contribution is -0.127. The molecule has 1 fully saturated rings. The number of carbonyl (C=O) groups excluding carboxylic acids is 1. The van der Waals surface area contributed by atoms with E-state index < -0.39 is 5.92 Å². The quantitative estimate of drug-likeness (QED) is 0.609. The van der Waals surface area contributed by atoms with E-state index in [4.69, 9.17) is 0 Å². The lowest BCUT2D eigenvalue weighted by atomic mass is 9.86. The number of amides is 1. The first-order valence-corrected chi connectivity index (χ1v) is 11.5. The second-order valence-electron chi connectivity index (χ2n) is 8.77. The maximum atomic E-state index is 13.5. The Morgan fingerprint density at radius 3 is 2.67 bits per heavy atom. The van der Waals surface area contributed by atoms with Crippen molar-refractivity contribution in [3.63, 3.8) is 0 Å². The van der Waals surface area contributed by atoms with E-state index in [9.17, 15) is 14.7 Å². The molecule has 0 unspecified atom stereocenters. The summed E-state index contributed by atoms with van der Waals surface area (Å²) < 4.78 is 1.81. The molecule has 7 heteroatoms. The van der Waals surface area contributed by atoms with Gasteiger partial charge in [0.05, 0.1) is 12.0 Å². The molecule has 170 valence electrons. The fourth-order valence-electron chi connectivity index (χ4n) is 5.57. The number of rotatable bonds is 6. The molecule has 2 aliphatic rings. The summed E-state index contributed by atoms with van der Waals surface area (Å²) in [6.45, 7) is 3.41. The molecule has 2 bridgehead atoms. The van der Waals surface area contributed by atoms with Gasteiger partial charge < -0.3 is 15.0 Å². The summed E-state index contributed by atoms with van der Waals surface area (Å²) in [5.41, 5.74) is 3.26. The molecule has 4 heterocycles. The highest BCUT2D eigenvalue weighted by molar-refractivity contribution is 5.80. The predicted octanol–water partition coefficient (Wildman–Crippen LogP) is 2.21. The van der Waals surface area contributed by atoms with E-state index in [0.717, 1.165) is 16.8 Å². The number of hydrogen-bond donors (Lipinski definition) is 2. The number of nitrogens with zero attached hydrogens (tertiary/aromatic N) is 3. The van der Waals surface area contributed by atoms with Crippen LogP contribution in [0.1, 0.15) is 24.2 Å². The molecule has 4 atom stereocenters. The van der Waals surface area contributed by atoms with E-state index in [2.05, 4.69) is 27.3 Å². The molecule has 1 saturated heterocycles. The van der Waals surface area contributed by atoms with Gasteiger partial charge in [-0.25, -0.2) is 0 Å². The second kappa shape index (κ2) is 8.92. The van der Waals surface area contributed by atoms with Gasteiger partial charge in [0, 0.05) is 67.4 Å². The smallest absolute Gasteiger partial charge is 0.258 e. The number of benzene rings is 1. The van der Waals surface area contributed by atoms with E-state index in [-0.39, 0.29) is 36.1 Å². The summed E-state index contributed by atoms with van der Waals surface area (Å²) in [7, 11) is 0. The third-order valence-corrected chi connectivity index (χ3v) is 7.00. The molecular weight excluding hydrogens is 416 g/mol. The number of aliphatic hydroxyl groups excluding tert-OH is 1. The van der Waals surface area contributed by atoms with Crippen molar-refractivity contribution in [1.29, 1.82) is 0 Å². The van der Waals surface area contributed by atoms with Crippen molar-refractivity contribution >= 4 is 5.91 Å². The van der Waals surface area contributed by atoms with E-state index in [1.807, 2.05) is 49.4 Å². The Hall–Kier alpha value is -3.29. The molecule has 1 aromatic carbocycles. The summed E-state index contributed by atoms with van der Waals surface area (Å²) >= 11 is 0. The van der Waals surface area contributed by atoms with Gasteiger partial charge in [-0.3, -0.25) is 19.5 Å². The summed E-state index contributed by atoms with van der Waals surface area (Å²) in [6.07, 6.45) is 3.38. The van der Waals surface area contributed by atoms with E-state index >= 15 is 0 Å². The SMILES string of the molecule is CCNC(=O)[C@@H]1[C@@H](CO)[C@@H]2Cn3c(ccc(-c4cccnc4)c3=O)[C@H]1N2Cc1ccccc1. The van der Waals surface area contributed by atoms with Crippen molar-refractivity contribution in [3.8, 4) is 11.1 Å².